The molecule has 1 saturated carbocycles. The van der Waals surface area contributed by atoms with Gasteiger partial charge in [-0.05, 0) is 62.8 Å². The number of hydrogen-bond acceptors (Lipinski definition) is 9. The first-order valence-corrected chi connectivity index (χ1v) is 11.9. The molecule has 0 bridgehead atoms. The molecule has 2 atom stereocenters. The van der Waals surface area contributed by atoms with Gasteiger partial charge in [0.2, 0.25) is 5.95 Å². The highest BCUT2D eigenvalue weighted by atomic mass is 15.4. The van der Waals surface area contributed by atoms with E-state index in [2.05, 4.69) is 55.0 Å². The zero-order valence-electron chi connectivity index (χ0n) is 19.0. The van der Waals surface area contributed by atoms with Crippen molar-refractivity contribution < 1.29 is 0 Å². The molecule has 2 aliphatic heterocycles. The summed E-state index contributed by atoms with van der Waals surface area (Å²) in [6.07, 6.45) is 5.99. The molecule has 10 heteroatoms. The fourth-order valence-corrected chi connectivity index (χ4v) is 5.14. The summed E-state index contributed by atoms with van der Waals surface area (Å²) in [4.78, 5) is 11.4. The van der Waals surface area contributed by atoms with Gasteiger partial charge in [0.15, 0.2) is 17.2 Å². The van der Waals surface area contributed by atoms with Crippen molar-refractivity contribution in [2.24, 2.45) is 5.92 Å². The maximum atomic E-state index is 9.73. The van der Waals surface area contributed by atoms with Gasteiger partial charge in [-0.25, -0.2) is 4.98 Å². The molecule has 34 heavy (non-hydrogen) atoms. The molecule has 2 unspecified atom stereocenters. The van der Waals surface area contributed by atoms with Gasteiger partial charge in [-0.2, -0.15) is 20.0 Å². The molecule has 3 aromatic rings. The van der Waals surface area contributed by atoms with Crippen LogP contribution >= 0.6 is 0 Å². The SMILES string of the molecule is Cc1c(Nc2nc(NC3CC3)c3ncc(C#N)n3n2)cc(C#N)cc1N1CCC2NCCC2C1. The lowest BCUT2D eigenvalue weighted by Gasteiger charge is -2.37. The van der Waals surface area contributed by atoms with E-state index in [4.69, 9.17) is 0 Å². The number of rotatable bonds is 5. The van der Waals surface area contributed by atoms with Gasteiger partial charge >= 0.3 is 0 Å². The van der Waals surface area contributed by atoms with Crippen LogP contribution in [0.25, 0.3) is 5.65 Å². The standard InChI is InChI=1S/C24H26N10/c1-14-20(8-15(10-25)9-21(14)33-7-5-19-16(13-33)4-6-27-19)30-24-31-22(29-17-2-3-17)23-28-12-18(11-26)34(23)32-24/h8-9,12,16-17,19,27H,2-7,13H2,1H3,(H2,29,30,31,32). The summed E-state index contributed by atoms with van der Waals surface area (Å²) in [5.74, 6) is 1.60. The lowest BCUT2D eigenvalue weighted by molar-refractivity contribution is 0.376. The topological polar surface area (TPSA) is 130 Å². The zero-order chi connectivity index (χ0) is 23.2. The monoisotopic (exact) mass is 454 g/mol. The van der Waals surface area contributed by atoms with Crippen LogP contribution in [0.4, 0.5) is 23.1 Å². The summed E-state index contributed by atoms with van der Waals surface area (Å²) in [6, 6.07) is 9.24. The molecule has 3 fully saturated rings. The summed E-state index contributed by atoms with van der Waals surface area (Å²) < 4.78 is 1.52. The van der Waals surface area contributed by atoms with Crippen LogP contribution in [-0.4, -0.2) is 51.3 Å². The van der Waals surface area contributed by atoms with Crippen molar-refractivity contribution in [2.75, 3.05) is 35.2 Å². The van der Waals surface area contributed by atoms with Crippen molar-refractivity contribution in [3.05, 3.63) is 35.2 Å². The van der Waals surface area contributed by atoms with Crippen LogP contribution < -0.4 is 20.9 Å². The minimum Gasteiger partial charge on any atom is -0.371 e. The van der Waals surface area contributed by atoms with Crippen LogP contribution in [0, 0.1) is 35.5 Å². The highest BCUT2D eigenvalue weighted by molar-refractivity contribution is 5.73. The second-order valence-corrected chi connectivity index (χ2v) is 9.44. The Balaban J connectivity index is 1.37. The fourth-order valence-electron chi connectivity index (χ4n) is 5.14. The van der Waals surface area contributed by atoms with Gasteiger partial charge in [0.25, 0.3) is 0 Å². The van der Waals surface area contributed by atoms with Crippen molar-refractivity contribution in [3.63, 3.8) is 0 Å². The Hall–Kier alpha value is -3.89. The van der Waals surface area contributed by atoms with Gasteiger partial charge in [-0.15, -0.1) is 5.10 Å². The number of piperidine rings is 1. The van der Waals surface area contributed by atoms with Crippen molar-refractivity contribution in [1.29, 1.82) is 10.5 Å². The molecule has 0 amide bonds. The van der Waals surface area contributed by atoms with Crippen LogP contribution in [0.3, 0.4) is 0 Å². The Morgan fingerprint density at radius 2 is 2.03 bits per heavy atom. The lowest BCUT2D eigenvalue weighted by atomic mass is 9.92. The number of nitriles is 2. The maximum Gasteiger partial charge on any atom is 0.247 e. The Morgan fingerprint density at radius 1 is 1.15 bits per heavy atom. The van der Waals surface area contributed by atoms with E-state index in [1.165, 1.54) is 17.1 Å². The second kappa shape index (κ2) is 8.15. The molecule has 6 rings (SSSR count). The largest absolute Gasteiger partial charge is 0.371 e. The first kappa shape index (κ1) is 20.7. The van der Waals surface area contributed by atoms with Gasteiger partial charge < -0.3 is 20.9 Å². The third kappa shape index (κ3) is 3.66. The van der Waals surface area contributed by atoms with Gasteiger partial charge in [0.1, 0.15) is 6.07 Å². The first-order valence-electron chi connectivity index (χ1n) is 11.9. The van der Waals surface area contributed by atoms with E-state index in [0.717, 1.165) is 55.8 Å². The normalized spacial score (nSPS) is 21.7. The van der Waals surface area contributed by atoms with Crippen LogP contribution in [0.5, 0.6) is 0 Å². The van der Waals surface area contributed by atoms with Gasteiger partial charge in [0.05, 0.1) is 17.8 Å². The number of nitrogens with one attached hydrogen (secondary N) is 3. The Bertz CT molecular complexity index is 1340. The highest BCUT2D eigenvalue weighted by Crippen LogP contribution is 2.35. The third-order valence-electron chi connectivity index (χ3n) is 7.15. The average Bonchev–Trinajstić information content (AvgIpc) is 3.37. The van der Waals surface area contributed by atoms with Crippen molar-refractivity contribution >= 4 is 28.8 Å². The molecule has 3 aliphatic rings. The van der Waals surface area contributed by atoms with Crippen molar-refractivity contribution in [2.45, 2.75) is 44.7 Å². The molecule has 1 aliphatic carbocycles. The van der Waals surface area contributed by atoms with Gasteiger partial charge in [-0.1, -0.05) is 0 Å². The molecule has 10 nitrogen and oxygen atoms in total. The number of hydrogen-bond donors (Lipinski definition) is 3. The molecular weight excluding hydrogens is 428 g/mol. The number of fused-ring (bicyclic) bond motifs is 2. The minimum atomic E-state index is 0.343. The van der Waals surface area contributed by atoms with E-state index in [0.29, 0.717) is 46.7 Å². The van der Waals surface area contributed by atoms with Crippen LogP contribution in [0.1, 0.15) is 42.5 Å². The molecule has 2 aromatic heterocycles. The number of nitrogens with zero attached hydrogens (tertiary/aromatic N) is 7. The Morgan fingerprint density at radius 3 is 2.82 bits per heavy atom. The first-order chi connectivity index (χ1) is 16.6. The number of aromatic nitrogens is 4. The molecule has 172 valence electrons. The highest BCUT2D eigenvalue weighted by Gasteiger charge is 2.33. The molecular formula is C24H26N10. The van der Waals surface area contributed by atoms with E-state index in [9.17, 15) is 10.5 Å². The Kier molecular flexibility index (Phi) is 4.96. The van der Waals surface area contributed by atoms with Gasteiger partial charge in [-0.3, -0.25) is 0 Å². The van der Waals surface area contributed by atoms with E-state index in [1.807, 2.05) is 12.1 Å². The quantitative estimate of drug-likeness (QED) is 0.532. The molecule has 4 heterocycles. The van der Waals surface area contributed by atoms with Crippen LogP contribution in [-0.2, 0) is 0 Å². The summed E-state index contributed by atoms with van der Waals surface area (Å²) in [7, 11) is 0. The summed E-state index contributed by atoms with van der Waals surface area (Å²) >= 11 is 0. The molecule has 0 spiro atoms. The average molecular weight is 455 g/mol. The molecule has 2 saturated heterocycles. The summed E-state index contributed by atoms with van der Waals surface area (Å²) in [5, 5.41) is 34.1. The lowest BCUT2D eigenvalue weighted by Crippen LogP contribution is -2.44. The minimum absolute atomic E-state index is 0.343. The van der Waals surface area contributed by atoms with Crippen molar-refractivity contribution in [1.82, 2.24) is 24.9 Å². The van der Waals surface area contributed by atoms with Crippen molar-refractivity contribution in [3.8, 4) is 12.1 Å². The summed E-state index contributed by atoms with van der Waals surface area (Å²) in [5.41, 5.74) is 4.38. The molecule has 3 N–H and O–H groups in total. The number of imidazole rings is 1. The zero-order valence-corrected chi connectivity index (χ0v) is 19.0. The maximum absolute atomic E-state index is 9.73. The molecule has 1 aromatic carbocycles. The smallest absolute Gasteiger partial charge is 0.247 e. The van der Waals surface area contributed by atoms with E-state index in [-0.39, 0.29) is 0 Å². The molecule has 0 radical (unpaired) electrons. The second-order valence-electron chi connectivity index (χ2n) is 9.44. The summed E-state index contributed by atoms with van der Waals surface area (Å²) in [6.45, 7) is 5.11. The van der Waals surface area contributed by atoms with Crippen LogP contribution in [0.2, 0.25) is 0 Å². The fraction of sp³-hybridized carbons (Fsp3) is 0.458. The van der Waals surface area contributed by atoms with E-state index >= 15 is 0 Å². The Labute approximate surface area is 197 Å². The predicted molar refractivity (Wildman–Crippen MR) is 128 cm³/mol. The van der Waals surface area contributed by atoms with E-state index < -0.39 is 0 Å². The van der Waals surface area contributed by atoms with E-state index in [1.54, 1.807) is 0 Å². The predicted octanol–water partition coefficient (Wildman–Crippen LogP) is 2.68. The van der Waals surface area contributed by atoms with Gasteiger partial charge in [0, 0.05) is 36.5 Å². The number of anilines is 4. The number of benzene rings is 1. The third-order valence-corrected chi connectivity index (χ3v) is 7.15. The van der Waals surface area contributed by atoms with Crippen LogP contribution in [0.15, 0.2) is 18.3 Å².